The molecule has 0 spiro atoms. The van der Waals surface area contributed by atoms with Crippen LogP contribution in [-0.4, -0.2) is 71.6 Å². The molecule has 4 heteroatoms. The van der Waals surface area contributed by atoms with Gasteiger partial charge in [0.25, 0.3) is 0 Å². The van der Waals surface area contributed by atoms with Gasteiger partial charge in [-0.3, -0.25) is 0 Å². The van der Waals surface area contributed by atoms with E-state index < -0.39 is 14.7 Å². The maximum absolute atomic E-state index is 2.39. The predicted octanol–water partition coefficient (Wildman–Crippen LogP) is 2.39. The van der Waals surface area contributed by atoms with Crippen molar-refractivity contribution in [2.75, 3.05) is 42.3 Å². The Morgan fingerprint density at radius 1 is 0.452 bits per heavy atom. The molecule has 0 bridgehead atoms. The van der Waals surface area contributed by atoms with Crippen LogP contribution in [0.3, 0.4) is 0 Å². The molecule has 0 aliphatic rings. The summed E-state index contributed by atoms with van der Waals surface area (Å²) in [5, 5.41) is 0. The summed E-state index contributed by atoms with van der Waals surface area (Å²) in [6.07, 6.45) is 0. The van der Waals surface area contributed by atoms with Crippen LogP contribution in [0.25, 0.3) is 0 Å². The Labute approximate surface area is 193 Å². The van der Waals surface area contributed by atoms with Gasteiger partial charge in [-0.2, -0.15) is 0 Å². The van der Waals surface area contributed by atoms with Crippen LogP contribution in [0.15, 0.2) is 72.8 Å². The number of rotatable bonds is 9. The second kappa shape index (κ2) is 11.1. The number of nitrogens with zero attached hydrogens (tertiary/aromatic N) is 3. The van der Waals surface area contributed by atoms with E-state index in [1.54, 1.807) is 13.1 Å². The molecule has 0 aromatic heterocycles. The van der Waals surface area contributed by atoms with Gasteiger partial charge in [0, 0.05) is 0 Å². The number of hydrogen-bond donors (Lipinski definition) is 0. The van der Waals surface area contributed by atoms with E-state index in [0.717, 1.165) is 19.6 Å². The topological polar surface area (TPSA) is 9.72 Å². The van der Waals surface area contributed by atoms with Gasteiger partial charge in [-0.25, -0.2) is 0 Å². The van der Waals surface area contributed by atoms with E-state index >= 15 is 0 Å². The maximum atomic E-state index is 2.39. The number of hydrogen-bond acceptors (Lipinski definition) is 3. The summed E-state index contributed by atoms with van der Waals surface area (Å²) in [6.45, 7) is 2.90. The van der Waals surface area contributed by atoms with Crippen molar-refractivity contribution in [2.24, 2.45) is 0 Å². The molecule has 164 valence electrons. The normalized spacial score (nSPS) is 11.8. The first-order valence-corrected chi connectivity index (χ1v) is 13.7. The fourth-order valence-corrected chi connectivity index (χ4v) is 9.83. The summed E-state index contributed by atoms with van der Waals surface area (Å²) in [4.78, 5) is 6.84. The van der Waals surface area contributed by atoms with Gasteiger partial charge in [-0.15, -0.1) is 0 Å². The van der Waals surface area contributed by atoms with Gasteiger partial charge in [-0.05, 0) is 0 Å². The average Bonchev–Trinajstić information content (AvgIpc) is 2.70. The molecule has 3 aromatic carbocycles. The van der Waals surface area contributed by atoms with Gasteiger partial charge in [-0.1, -0.05) is 0 Å². The predicted molar refractivity (Wildman–Crippen MR) is 136 cm³/mol. The van der Waals surface area contributed by atoms with Crippen LogP contribution >= 0.6 is 0 Å². The van der Waals surface area contributed by atoms with Gasteiger partial charge in [0.2, 0.25) is 0 Å². The van der Waals surface area contributed by atoms with E-state index in [1.165, 1.54) is 16.7 Å². The molecule has 0 aliphatic heterocycles. The zero-order valence-electron chi connectivity index (χ0n) is 19.8. The quantitative estimate of drug-likeness (QED) is 0.439. The van der Waals surface area contributed by atoms with Crippen molar-refractivity contribution < 1.29 is 0 Å². The molecule has 0 amide bonds. The molecular formula is C27H36AsN3. The van der Waals surface area contributed by atoms with Gasteiger partial charge >= 0.3 is 194 Å². The molecule has 0 aliphatic carbocycles. The standard InChI is InChI=1S/C27H36AsN3/c1-29(2)19-22-13-7-10-16-25(22)28(26-17-11-8-14-23(26)20-30(3)4)27-18-12-9-15-24(27)21-31(5)6/h7-18H,19-21H2,1-6H3. The van der Waals surface area contributed by atoms with Crippen LogP contribution in [0, 0.1) is 0 Å². The van der Waals surface area contributed by atoms with Crippen LogP contribution in [0.1, 0.15) is 16.7 Å². The van der Waals surface area contributed by atoms with Crippen molar-refractivity contribution in [3.63, 3.8) is 0 Å². The Hall–Kier alpha value is -1.90. The SMILES string of the molecule is CN(C)Cc1ccccc1[As](c1ccccc1CN(C)C)c1ccccc1CN(C)C. The second-order valence-electron chi connectivity index (χ2n) is 8.93. The van der Waals surface area contributed by atoms with E-state index in [2.05, 4.69) is 130 Å². The van der Waals surface area contributed by atoms with Crippen molar-refractivity contribution in [3.05, 3.63) is 89.5 Å². The summed E-state index contributed by atoms with van der Waals surface area (Å²) in [6, 6.07) is 27.3. The Balaban J connectivity index is 2.26. The Kier molecular flexibility index (Phi) is 8.51. The van der Waals surface area contributed by atoms with E-state index in [1.807, 2.05) is 0 Å². The average molecular weight is 478 g/mol. The number of benzene rings is 3. The van der Waals surface area contributed by atoms with Crippen LogP contribution in [0.2, 0.25) is 0 Å². The third kappa shape index (κ3) is 6.30. The summed E-state index contributed by atoms with van der Waals surface area (Å²) in [5.41, 5.74) is 4.35. The third-order valence-corrected chi connectivity index (χ3v) is 10.9. The van der Waals surface area contributed by atoms with E-state index in [9.17, 15) is 0 Å². The second-order valence-corrected chi connectivity index (χ2v) is 13.4. The molecule has 0 heterocycles. The first-order chi connectivity index (χ1) is 14.9. The Morgan fingerprint density at radius 3 is 0.968 bits per heavy atom. The van der Waals surface area contributed by atoms with E-state index in [4.69, 9.17) is 0 Å². The van der Waals surface area contributed by atoms with Gasteiger partial charge in [0.15, 0.2) is 0 Å². The van der Waals surface area contributed by atoms with Gasteiger partial charge in [0.1, 0.15) is 0 Å². The van der Waals surface area contributed by atoms with E-state index in [0.29, 0.717) is 0 Å². The van der Waals surface area contributed by atoms with E-state index in [-0.39, 0.29) is 0 Å². The van der Waals surface area contributed by atoms with Gasteiger partial charge in [0.05, 0.1) is 0 Å². The molecule has 3 aromatic rings. The Bertz CT molecular complexity index is 854. The van der Waals surface area contributed by atoms with Crippen LogP contribution < -0.4 is 13.1 Å². The zero-order valence-corrected chi connectivity index (χ0v) is 21.7. The molecule has 31 heavy (non-hydrogen) atoms. The minimum atomic E-state index is -1.78. The monoisotopic (exact) mass is 477 g/mol. The summed E-state index contributed by atoms with van der Waals surface area (Å²) >= 11 is -1.78. The van der Waals surface area contributed by atoms with Crippen molar-refractivity contribution in [1.29, 1.82) is 0 Å². The molecule has 0 radical (unpaired) electrons. The molecule has 0 saturated heterocycles. The molecular weight excluding hydrogens is 441 g/mol. The first-order valence-electron chi connectivity index (χ1n) is 10.8. The van der Waals surface area contributed by atoms with Crippen LogP contribution in [0.5, 0.6) is 0 Å². The van der Waals surface area contributed by atoms with Gasteiger partial charge < -0.3 is 0 Å². The van der Waals surface area contributed by atoms with Crippen molar-refractivity contribution in [1.82, 2.24) is 14.7 Å². The Morgan fingerprint density at radius 2 is 0.710 bits per heavy atom. The summed E-state index contributed by atoms with van der Waals surface area (Å²) < 4.78 is 4.63. The minimum absolute atomic E-state index is 0.965. The van der Waals surface area contributed by atoms with Crippen molar-refractivity contribution in [3.8, 4) is 0 Å². The molecule has 0 unspecified atom stereocenters. The zero-order chi connectivity index (χ0) is 22.4. The van der Waals surface area contributed by atoms with Crippen molar-refractivity contribution >= 4 is 27.7 Å². The molecule has 0 N–H and O–H groups in total. The molecule has 3 nitrogen and oxygen atoms in total. The molecule has 0 fully saturated rings. The molecule has 0 saturated carbocycles. The first kappa shape index (κ1) is 23.8. The van der Waals surface area contributed by atoms with Crippen LogP contribution in [-0.2, 0) is 19.6 Å². The molecule has 3 rings (SSSR count). The molecule has 0 atom stereocenters. The fourth-order valence-electron chi connectivity index (χ4n) is 4.00. The van der Waals surface area contributed by atoms with Crippen molar-refractivity contribution in [2.45, 2.75) is 19.6 Å². The van der Waals surface area contributed by atoms with Crippen LogP contribution in [0.4, 0.5) is 0 Å². The summed E-state index contributed by atoms with van der Waals surface area (Å²) in [7, 11) is 13.0. The summed E-state index contributed by atoms with van der Waals surface area (Å²) in [5.74, 6) is 0. The fraction of sp³-hybridized carbons (Fsp3) is 0.333. The third-order valence-electron chi connectivity index (χ3n) is 5.16.